The molecule has 1 fully saturated rings. The number of morpholine rings is 1. The largest absolute Gasteiger partial charge is 0.491 e. The molecule has 3 atom stereocenters. The summed E-state index contributed by atoms with van der Waals surface area (Å²) in [6.45, 7) is 7.92. The van der Waals surface area contributed by atoms with Gasteiger partial charge < -0.3 is 14.6 Å². The Morgan fingerprint density at radius 1 is 1.50 bits per heavy atom. The number of aliphatic hydroxyl groups is 1. The first-order chi connectivity index (χ1) is 10.5. The van der Waals surface area contributed by atoms with E-state index in [0.717, 1.165) is 6.54 Å². The predicted octanol–water partition coefficient (Wildman–Crippen LogP) is 1.74. The molecular weight excluding hydrogens is 282 g/mol. The number of nitrogens with zero attached hydrogens (tertiary/aromatic N) is 1. The highest BCUT2D eigenvalue weighted by Gasteiger charge is 2.25. The van der Waals surface area contributed by atoms with Crippen LogP contribution in [0.3, 0.4) is 0 Å². The number of hydrogen-bond acceptors (Lipinski definition) is 5. The summed E-state index contributed by atoms with van der Waals surface area (Å²) >= 11 is 0. The van der Waals surface area contributed by atoms with E-state index in [1.807, 2.05) is 6.92 Å². The van der Waals surface area contributed by atoms with Gasteiger partial charge in [0.15, 0.2) is 5.78 Å². The Labute approximate surface area is 131 Å². The topological polar surface area (TPSA) is 59.0 Å². The molecule has 0 radical (unpaired) electrons. The van der Waals surface area contributed by atoms with Gasteiger partial charge in [-0.05, 0) is 32.9 Å². The number of ether oxygens (including phenoxy) is 2. The van der Waals surface area contributed by atoms with E-state index in [1.54, 1.807) is 24.3 Å². The molecule has 1 N–H and O–H groups in total. The average molecular weight is 307 g/mol. The lowest BCUT2D eigenvalue weighted by Gasteiger charge is -2.37. The minimum Gasteiger partial charge on any atom is -0.491 e. The maximum absolute atomic E-state index is 11.3. The molecule has 0 unspecified atom stereocenters. The van der Waals surface area contributed by atoms with Crippen molar-refractivity contribution >= 4 is 5.78 Å². The van der Waals surface area contributed by atoms with Crippen LogP contribution in [-0.2, 0) is 4.74 Å². The van der Waals surface area contributed by atoms with Gasteiger partial charge in [-0.15, -0.1) is 0 Å². The molecule has 122 valence electrons. The second kappa shape index (κ2) is 7.72. The van der Waals surface area contributed by atoms with Crippen LogP contribution < -0.4 is 4.74 Å². The van der Waals surface area contributed by atoms with Crippen molar-refractivity contribution in [2.45, 2.75) is 39.0 Å². The molecule has 0 aliphatic carbocycles. The van der Waals surface area contributed by atoms with E-state index in [1.165, 1.54) is 6.92 Å². The van der Waals surface area contributed by atoms with E-state index in [2.05, 4.69) is 11.8 Å². The van der Waals surface area contributed by atoms with Crippen molar-refractivity contribution in [3.05, 3.63) is 29.8 Å². The fourth-order valence-electron chi connectivity index (χ4n) is 2.55. The number of benzene rings is 1. The summed E-state index contributed by atoms with van der Waals surface area (Å²) in [4.78, 5) is 13.6. The normalized spacial score (nSPS) is 24.0. The number of carbonyl (C=O) groups excluding carboxylic acids is 1. The van der Waals surface area contributed by atoms with Crippen molar-refractivity contribution in [1.82, 2.24) is 4.90 Å². The number of ketones is 1. The minimum absolute atomic E-state index is 0.00197. The second-order valence-electron chi connectivity index (χ2n) is 6.00. The summed E-state index contributed by atoms with van der Waals surface area (Å²) in [6, 6.07) is 7.33. The number of Topliss-reactive ketones (excluding diaryl/α,β-unsaturated/α-hetero) is 1. The molecule has 2 rings (SSSR count). The van der Waals surface area contributed by atoms with Gasteiger partial charge in [0.2, 0.25) is 0 Å². The molecule has 1 aliphatic rings. The molecule has 5 nitrogen and oxygen atoms in total. The Balaban J connectivity index is 1.83. The fraction of sp³-hybridized carbons (Fsp3) is 0.588. The number of rotatable bonds is 6. The number of aliphatic hydroxyl groups excluding tert-OH is 1. The van der Waals surface area contributed by atoms with E-state index in [-0.39, 0.29) is 18.5 Å². The lowest BCUT2D eigenvalue weighted by atomic mass is 10.1. The van der Waals surface area contributed by atoms with Crippen LogP contribution in [0.1, 0.15) is 31.1 Å². The zero-order chi connectivity index (χ0) is 16.1. The van der Waals surface area contributed by atoms with Crippen LogP contribution in [0.2, 0.25) is 0 Å². The van der Waals surface area contributed by atoms with Gasteiger partial charge in [0.1, 0.15) is 18.5 Å². The Morgan fingerprint density at radius 3 is 3.00 bits per heavy atom. The van der Waals surface area contributed by atoms with Crippen molar-refractivity contribution in [2.75, 3.05) is 26.3 Å². The third-order valence-corrected chi connectivity index (χ3v) is 3.87. The second-order valence-corrected chi connectivity index (χ2v) is 6.00. The number of β-amino-alcohol motifs (C(OH)–C–C–N with tert-alkyl or cyclic N) is 1. The van der Waals surface area contributed by atoms with Crippen LogP contribution in [0.4, 0.5) is 0 Å². The molecule has 1 saturated heterocycles. The Bertz CT molecular complexity index is 505. The van der Waals surface area contributed by atoms with E-state index >= 15 is 0 Å². The summed E-state index contributed by atoms with van der Waals surface area (Å²) < 4.78 is 11.2. The Hall–Kier alpha value is -1.43. The third-order valence-electron chi connectivity index (χ3n) is 3.87. The highest BCUT2D eigenvalue weighted by atomic mass is 16.5. The fourth-order valence-corrected chi connectivity index (χ4v) is 2.55. The summed E-state index contributed by atoms with van der Waals surface area (Å²) in [5, 5.41) is 10.2. The monoisotopic (exact) mass is 307 g/mol. The van der Waals surface area contributed by atoms with Crippen LogP contribution in [-0.4, -0.2) is 60.3 Å². The molecule has 0 saturated carbocycles. The summed E-state index contributed by atoms with van der Waals surface area (Å²) in [5.41, 5.74) is 0.614. The van der Waals surface area contributed by atoms with Crippen LogP contribution in [0, 0.1) is 0 Å². The highest BCUT2D eigenvalue weighted by molar-refractivity contribution is 5.94. The lowest BCUT2D eigenvalue weighted by molar-refractivity contribution is -0.0650. The first kappa shape index (κ1) is 16.9. The van der Waals surface area contributed by atoms with Crippen LogP contribution in [0.15, 0.2) is 24.3 Å². The molecule has 1 heterocycles. The Morgan fingerprint density at radius 2 is 2.27 bits per heavy atom. The lowest BCUT2D eigenvalue weighted by Crippen LogP contribution is -2.50. The molecule has 0 aromatic heterocycles. The molecule has 0 amide bonds. The van der Waals surface area contributed by atoms with Crippen molar-refractivity contribution in [2.24, 2.45) is 0 Å². The molecule has 22 heavy (non-hydrogen) atoms. The molecule has 5 heteroatoms. The zero-order valence-electron chi connectivity index (χ0n) is 13.5. The van der Waals surface area contributed by atoms with E-state index in [0.29, 0.717) is 30.5 Å². The summed E-state index contributed by atoms with van der Waals surface area (Å²) in [5.74, 6) is 0.609. The molecule has 0 spiro atoms. The highest BCUT2D eigenvalue weighted by Crippen LogP contribution is 2.15. The van der Waals surface area contributed by atoms with Crippen LogP contribution in [0.5, 0.6) is 5.75 Å². The molecular formula is C17H25NO4. The summed E-state index contributed by atoms with van der Waals surface area (Å²) in [7, 11) is 0. The van der Waals surface area contributed by atoms with Gasteiger partial charge in [-0.25, -0.2) is 0 Å². The van der Waals surface area contributed by atoms with Gasteiger partial charge in [-0.3, -0.25) is 9.69 Å². The molecule has 1 aliphatic heterocycles. The first-order valence-electron chi connectivity index (χ1n) is 7.73. The van der Waals surface area contributed by atoms with Gasteiger partial charge in [-0.2, -0.15) is 0 Å². The average Bonchev–Trinajstić information content (AvgIpc) is 2.49. The maximum atomic E-state index is 11.3. The van der Waals surface area contributed by atoms with Crippen molar-refractivity contribution in [3.8, 4) is 5.75 Å². The smallest absolute Gasteiger partial charge is 0.159 e. The van der Waals surface area contributed by atoms with Crippen molar-refractivity contribution in [3.63, 3.8) is 0 Å². The van der Waals surface area contributed by atoms with Crippen molar-refractivity contribution in [1.29, 1.82) is 0 Å². The van der Waals surface area contributed by atoms with Gasteiger partial charge in [0, 0.05) is 24.7 Å². The van der Waals surface area contributed by atoms with Crippen molar-refractivity contribution < 1.29 is 19.4 Å². The SMILES string of the molecule is CC(=O)c1cccc(OC[C@H](O)CN2C[C@H](C)OC[C@H]2C)c1. The van der Waals surface area contributed by atoms with E-state index in [4.69, 9.17) is 9.47 Å². The van der Waals surface area contributed by atoms with Gasteiger partial charge in [0.05, 0.1) is 12.7 Å². The molecule has 0 bridgehead atoms. The first-order valence-corrected chi connectivity index (χ1v) is 7.73. The molecule has 1 aromatic rings. The molecule has 1 aromatic carbocycles. The van der Waals surface area contributed by atoms with Gasteiger partial charge >= 0.3 is 0 Å². The zero-order valence-corrected chi connectivity index (χ0v) is 13.5. The predicted molar refractivity (Wildman–Crippen MR) is 84.4 cm³/mol. The standard InChI is InChI=1S/C17H25NO4/c1-12-10-21-13(2)8-18(12)9-16(20)11-22-17-6-4-5-15(7-17)14(3)19/h4-7,12-13,16,20H,8-11H2,1-3H3/t12-,13+,16-/m1/s1. The summed E-state index contributed by atoms with van der Waals surface area (Å²) in [6.07, 6.45) is -0.384. The number of carbonyl (C=O) groups is 1. The van der Waals surface area contributed by atoms with Crippen LogP contribution >= 0.6 is 0 Å². The quantitative estimate of drug-likeness (QED) is 0.811. The van der Waals surface area contributed by atoms with E-state index in [9.17, 15) is 9.90 Å². The van der Waals surface area contributed by atoms with Crippen LogP contribution in [0.25, 0.3) is 0 Å². The Kier molecular flexibility index (Phi) is 5.94. The number of hydrogen-bond donors (Lipinski definition) is 1. The minimum atomic E-state index is -0.575. The van der Waals surface area contributed by atoms with Gasteiger partial charge in [-0.1, -0.05) is 12.1 Å². The van der Waals surface area contributed by atoms with E-state index < -0.39 is 6.10 Å². The maximum Gasteiger partial charge on any atom is 0.159 e. The third kappa shape index (κ3) is 4.80. The van der Waals surface area contributed by atoms with Gasteiger partial charge in [0.25, 0.3) is 0 Å².